The molecule has 0 radical (unpaired) electrons. The number of ether oxygens (including phenoxy) is 2. The Hall–Kier alpha value is -2.14. The summed E-state index contributed by atoms with van der Waals surface area (Å²) in [5, 5.41) is 3.39. The molecule has 1 unspecified atom stereocenters. The van der Waals surface area contributed by atoms with Crippen molar-refractivity contribution in [2.45, 2.75) is 25.4 Å². The van der Waals surface area contributed by atoms with Crippen LogP contribution >= 0.6 is 0 Å². The second-order valence-corrected chi connectivity index (χ2v) is 5.41. The van der Waals surface area contributed by atoms with Crippen molar-refractivity contribution in [3.05, 3.63) is 36.7 Å². The normalized spacial score (nSPS) is 18.5. The van der Waals surface area contributed by atoms with Gasteiger partial charge in [-0.2, -0.15) is 0 Å². The molecule has 1 aliphatic rings. The van der Waals surface area contributed by atoms with Gasteiger partial charge in [0.05, 0.1) is 19.5 Å². The molecule has 1 aromatic heterocycles. The predicted octanol–water partition coefficient (Wildman–Crippen LogP) is 2.67. The molecule has 0 saturated carbocycles. The Kier molecular flexibility index (Phi) is 4.85. The lowest BCUT2D eigenvalue weighted by Crippen LogP contribution is -2.29. The van der Waals surface area contributed by atoms with Crippen LogP contribution in [-0.4, -0.2) is 36.3 Å². The van der Waals surface area contributed by atoms with E-state index < -0.39 is 0 Å². The van der Waals surface area contributed by atoms with Crippen LogP contribution in [0.25, 0.3) is 11.4 Å². The van der Waals surface area contributed by atoms with E-state index in [1.807, 2.05) is 24.3 Å². The van der Waals surface area contributed by atoms with Crippen LogP contribution in [0.2, 0.25) is 0 Å². The van der Waals surface area contributed by atoms with Crippen molar-refractivity contribution in [1.82, 2.24) is 15.3 Å². The van der Waals surface area contributed by atoms with Crippen molar-refractivity contribution in [2.75, 3.05) is 20.2 Å². The highest BCUT2D eigenvalue weighted by Crippen LogP contribution is 2.22. The Morgan fingerprint density at radius 1 is 1.14 bits per heavy atom. The van der Waals surface area contributed by atoms with E-state index in [0.717, 1.165) is 36.6 Å². The van der Waals surface area contributed by atoms with E-state index >= 15 is 0 Å². The van der Waals surface area contributed by atoms with Crippen molar-refractivity contribution in [1.29, 1.82) is 0 Å². The predicted molar refractivity (Wildman–Crippen MR) is 85.2 cm³/mol. The maximum atomic E-state index is 5.96. The van der Waals surface area contributed by atoms with Gasteiger partial charge >= 0.3 is 0 Å². The summed E-state index contributed by atoms with van der Waals surface area (Å²) < 4.78 is 11.2. The van der Waals surface area contributed by atoms with Crippen molar-refractivity contribution < 1.29 is 9.47 Å². The average Bonchev–Trinajstić information content (AvgIpc) is 2.84. The van der Waals surface area contributed by atoms with Gasteiger partial charge in [0, 0.05) is 12.1 Å². The largest absolute Gasteiger partial charge is 0.497 e. The summed E-state index contributed by atoms with van der Waals surface area (Å²) in [6.07, 6.45) is 7.17. The number of aromatic nitrogens is 2. The number of hydrogen-bond acceptors (Lipinski definition) is 5. The van der Waals surface area contributed by atoms with Gasteiger partial charge in [-0.3, -0.25) is 0 Å². The van der Waals surface area contributed by atoms with Gasteiger partial charge in [0.15, 0.2) is 11.6 Å². The molecule has 1 atom stereocenters. The van der Waals surface area contributed by atoms with E-state index in [1.165, 1.54) is 12.8 Å². The van der Waals surface area contributed by atoms with Crippen LogP contribution in [0.3, 0.4) is 0 Å². The van der Waals surface area contributed by atoms with Gasteiger partial charge in [0.2, 0.25) is 0 Å². The molecule has 116 valence electrons. The summed E-state index contributed by atoms with van der Waals surface area (Å²) in [4.78, 5) is 8.80. The molecule has 1 N–H and O–H groups in total. The summed E-state index contributed by atoms with van der Waals surface area (Å²) in [5.41, 5.74) is 0.932. The van der Waals surface area contributed by atoms with Gasteiger partial charge < -0.3 is 14.8 Å². The molecule has 0 amide bonds. The van der Waals surface area contributed by atoms with Gasteiger partial charge in [0.25, 0.3) is 0 Å². The molecule has 0 aliphatic carbocycles. The minimum Gasteiger partial charge on any atom is -0.497 e. The lowest BCUT2D eigenvalue weighted by atomic mass is 10.2. The smallest absolute Gasteiger partial charge is 0.159 e. The fourth-order valence-corrected chi connectivity index (χ4v) is 2.57. The highest BCUT2D eigenvalue weighted by Gasteiger charge is 2.13. The number of methoxy groups -OCH3 is 1. The lowest BCUT2D eigenvalue weighted by Gasteiger charge is -2.16. The van der Waals surface area contributed by atoms with Gasteiger partial charge in [-0.15, -0.1) is 0 Å². The first-order chi connectivity index (χ1) is 10.8. The van der Waals surface area contributed by atoms with E-state index in [4.69, 9.17) is 9.47 Å². The van der Waals surface area contributed by atoms with Gasteiger partial charge in [-0.25, -0.2) is 9.97 Å². The summed E-state index contributed by atoms with van der Waals surface area (Å²) in [6.45, 7) is 1.96. The Bertz CT molecular complexity index is 593. The zero-order chi connectivity index (χ0) is 15.2. The SMILES string of the molecule is COc1cccc(-c2ncc(OC3CCCCNC3)cn2)c1. The molecule has 3 rings (SSSR count). The molecule has 1 fully saturated rings. The van der Waals surface area contributed by atoms with Crippen LogP contribution in [0, 0.1) is 0 Å². The van der Waals surface area contributed by atoms with E-state index in [2.05, 4.69) is 15.3 Å². The molecule has 2 aromatic rings. The third kappa shape index (κ3) is 3.74. The van der Waals surface area contributed by atoms with E-state index in [9.17, 15) is 0 Å². The van der Waals surface area contributed by atoms with Crippen molar-refractivity contribution in [3.8, 4) is 22.9 Å². The molecule has 0 bridgehead atoms. The number of nitrogens with zero attached hydrogens (tertiary/aromatic N) is 2. The van der Waals surface area contributed by atoms with Crippen LogP contribution in [0.4, 0.5) is 0 Å². The zero-order valence-corrected chi connectivity index (χ0v) is 12.8. The number of hydrogen-bond donors (Lipinski definition) is 1. The fraction of sp³-hybridized carbons (Fsp3) is 0.412. The summed E-state index contributed by atoms with van der Waals surface area (Å²) >= 11 is 0. The molecule has 1 aliphatic heterocycles. The van der Waals surface area contributed by atoms with Crippen LogP contribution in [0.1, 0.15) is 19.3 Å². The molecule has 0 spiro atoms. The monoisotopic (exact) mass is 299 g/mol. The van der Waals surface area contributed by atoms with Crippen LogP contribution < -0.4 is 14.8 Å². The first-order valence-corrected chi connectivity index (χ1v) is 7.69. The van der Waals surface area contributed by atoms with E-state index in [1.54, 1.807) is 19.5 Å². The Labute approximate surface area is 130 Å². The Morgan fingerprint density at radius 2 is 2.00 bits per heavy atom. The second kappa shape index (κ2) is 7.22. The van der Waals surface area contributed by atoms with E-state index in [-0.39, 0.29) is 6.10 Å². The summed E-state index contributed by atoms with van der Waals surface area (Å²) in [6, 6.07) is 7.72. The average molecular weight is 299 g/mol. The summed E-state index contributed by atoms with van der Waals surface area (Å²) in [7, 11) is 1.65. The van der Waals surface area contributed by atoms with Crippen LogP contribution in [0.5, 0.6) is 11.5 Å². The molecule has 1 saturated heterocycles. The molecule has 5 nitrogen and oxygen atoms in total. The fourth-order valence-electron chi connectivity index (χ4n) is 2.57. The van der Waals surface area contributed by atoms with Gasteiger partial charge in [-0.05, 0) is 37.9 Å². The van der Waals surface area contributed by atoms with Crippen LogP contribution in [0.15, 0.2) is 36.7 Å². The Morgan fingerprint density at radius 3 is 2.82 bits per heavy atom. The molecule has 22 heavy (non-hydrogen) atoms. The third-order valence-corrected chi connectivity index (χ3v) is 3.76. The minimum atomic E-state index is 0.203. The maximum absolute atomic E-state index is 5.96. The van der Waals surface area contributed by atoms with Gasteiger partial charge in [0.1, 0.15) is 11.9 Å². The topological polar surface area (TPSA) is 56.3 Å². The number of rotatable bonds is 4. The molecular weight excluding hydrogens is 278 g/mol. The van der Waals surface area contributed by atoms with Gasteiger partial charge in [-0.1, -0.05) is 12.1 Å². The molecule has 5 heteroatoms. The molecular formula is C17H21N3O2. The highest BCUT2D eigenvalue weighted by atomic mass is 16.5. The number of nitrogens with one attached hydrogen (secondary N) is 1. The molecule has 1 aromatic carbocycles. The zero-order valence-electron chi connectivity index (χ0n) is 12.8. The first-order valence-electron chi connectivity index (χ1n) is 7.69. The summed E-state index contributed by atoms with van der Waals surface area (Å²) in [5.74, 6) is 2.19. The standard InChI is InChI=1S/C17H21N3O2/c1-21-14-7-4-5-13(9-14)17-19-11-16(12-20-17)22-15-6-2-3-8-18-10-15/h4-5,7,9,11-12,15,18H,2-3,6,8,10H2,1H3. The third-order valence-electron chi connectivity index (χ3n) is 3.76. The quantitative estimate of drug-likeness (QED) is 0.940. The maximum Gasteiger partial charge on any atom is 0.159 e. The second-order valence-electron chi connectivity index (χ2n) is 5.41. The van der Waals surface area contributed by atoms with E-state index in [0.29, 0.717) is 5.82 Å². The lowest BCUT2D eigenvalue weighted by molar-refractivity contribution is 0.193. The van der Waals surface area contributed by atoms with Crippen molar-refractivity contribution in [2.24, 2.45) is 0 Å². The van der Waals surface area contributed by atoms with Crippen LogP contribution in [-0.2, 0) is 0 Å². The molecule has 2 heterocycles. The van der Waals surface area contributed by atoms with Crippen molar-refractivity contribution >= 4 is 0 Å². The highest BCUT2D eigenvalue weighted by molar-refractivity contribution is 5.57. The van der Waals surface area contributed by atoms with Crippen molar-refractivity contribution in [3.63, 3.8) is 0 Å². The minimum absolute atomic E-state index is 0.203. The number of benzene rings is 1. The first kappa shape index (κ1) is 14.8. The Balaban J connectivity index is 1.69.